The molecule has 0 aromatic heterocycles. The van der Waals surface area contributed by atoms with Gasteiger partial charge in [-0.3, -0.25) is 4.99 Å². The molecule has 2 fully saturated rings. The Balaban J connectivity index is 0.00000147. The molecule has 0 heterocycles. The lowest BCUT2D eigenvalue weighted by molar-refractivity contribution is 0.113. The summed E-state index contributed by atoms with van der Waals surface area (Å²) in [5.74, 6) is 1.48. The summed E-state index contributed by atoms with van der Waals surface area (Å²) in [4.78, 5) is 4.58. The van der Waals surface area contributed by atoms with Crippen molar-refractivity contribution >= 4 is 35.6 Å². The predicted octanol–water partition coefficient (Wildman–Crippen LogP) is 3.92. The smallest absolute Gasteiger partial charge is 0.193 e. The SMILES string of the molecule is Cc1ccc(NC(N)=NCC2(C3CC3)CCC2)cc1.I. The van der Waals surface area contributed by atoms with E-state index in [1.165, 1.54) is 37.7 Å². The zero-order valence-electron chi connectivity index (χ0n) is 12.1. The lowest BCUT2D eigenvalue weighted by atomic mass is 9.65. The van der Waals surface area contributed by atoms with E-state index in [0.29, 0.717) is 11.4 Å². The van der Waals surface area contributed by atoms with Crippen LogP contribution in [0.3, 0.4) is 0 Å². The second kappa shape index (κ2) is 6.33. The minimum atomic E-state index is 0. The van der Waals surface area contributed by atoms with Crippen molar-refractivity contribution < 1.29 is 0 Å². The topological polar surface area (TPSA) is 50.4 Å². The molecule has 20 heavy (non-hydrogen) atoms. The van der Waals surface area contributed by atoms with Gasteiger partial charge < -0.3 is 11.1 Å². The van der Waals surface area contributed by atoms with Crippen molar-refractivity contribution in [3.8, 4) is 0 Å². The van der Waals surface area contributed by atoms with Crippen molar-refractivity contribution in [1.29, 1.82) is 0 Å². The third-order valence-electron chi connectivity index (χ3n) is 4.68. The second-order valence-electron chi connectivity index (χ2n) is 6.18. The number of aliphatic imine (C=N–C) groups is 1. The first kappa shape index (κ1) is 15.6. The van der Waals surface area contributed by atoms with Gasteiger partial charge in [0.25, 0.3) is 0 Å². The Morgan fingerprint density at radius 3 is 2.45 bits per heavy atom. The van der Waals surface area contributed by atoms with Crippen LogP contribution in [0.4, 0.5) is 5.69 Å². The maximum atomic E-state index is 5.99. The van der Waals surface area contributed by atoms with Gasteiger partial charge in [0.15, 0.2) is 5.96 Å². The van der Waals surface area contributed by atoms with E-state index in [2.05, 4.69) is 29.4 Å². The number of rotatable bonds is 4. The van der Waals surface area contributed by atoms with E-state index in [1.54, 1.807) is 0 Å². The Hall–Kier alpha value is -0.780. The molecule has 4 heteroatoms. The molecule has 3 rings (SSSR count). The van der Waals surface area contributed by atoms with Crippen LogP contribution in [0.5, 0.6) is 0 Å². The summed E-state index contributed by atoms with van der Waals surface area (Å²) in [6, 6.07) is 8.23. The summed E-state index contributed by atoms with van der Waals surface area (Å²) in [5, 5.41) is 3.18. The number of nitrogens with two attached hydrogens (primary N) is 1. The Morgan fingerprint density at radius 1 is 1.30 bits per heavy atom. The second-order valence-corrected chi connectivity index (χ2v) is 6.18. The first-order valence-electron chi connectivity index (χ1n) is 7.32. The van der Waals surface area contributed by atoms with E-state index in [1.807, 2.05) is 12.1 Å². The molecule has 0 spiro atoms. The van der Waals surface area contributed by atoms with Gasteiger partial charge in [-0.25, -0.2) is 0 Å². The van der Waals surface area contributed by atoms with E-state index < -0.39 is 0 Å². The molecule has 110 valence electrons. The van der Waals surface area contributed by atoms with Gasteiger partial charge >= 0.3 is 0 Å². The number of anilines is 1. The lowest BCUT2D eigenvalue weighted by Crippen LogP contribution is -2.36. The Bertz CT molecular complexity index is 473. The van der Waals surface area contributed by atoms with Gasteiger partial charge in [0.1, 0.15) is 0 Å². The number of halogens is 1. The van der Waals surface area contributed by atoms with Gasteiger partial charge in [-0.1, -0.05) is 24.1 Å². The highest BCUT2D eigenvalue weighted by Gasteiger charge is 2.48. The van der Waals surface area contributed by atoms with Crippen molar-refractivity contribution in [2.45, 2.75) is 39.0 Å². The number of nitrogens with one attached hydrogen (secondary N) is 1. The van der Waals surface area contributed by atoms with Crippen LogP contribution in [0.25, 0.3) is 0 Å². The van der Waals surface area contributed by atoms with Gasteiger partial charge in [-0.15, -0.1) is 24.0 Å². The molecule has 2 saturated carbocycles. The fraction of sp³-hybridized carbons (Fsp3) is 0.562. The summed E-state index contributed by atoms with van der Waals surface area (Å²) in [5.41, 5.74) is 8.76. The average Bonchev–Trinajstić information content (AvgIpc) is 3.15. The standard InChI is InChI=1S/C16H23N3.HI/c1-12-3-7-14(8-4-12)19-15(17)18-11-16(9-2-10-16)13-5-6-13;/h3-4,7-8,13H,2,5-6,9-11H2,1H3,(H3,17,18,19);1H. The van der Waals surface area contributed by atoms with Crippen molar-refractivity contribution in [1.82, 2.24) is 0 Å². The minimum Gasteiger partial charge on any atom is -0.370 e. The number of nitrogens with zero attached hydrogens (tertiary/aromatic N) is 1. The maximum Gasteiger partial charge on any atom is 0.193 e. The fourth-order valence-electron chi connectivity index (χ4n) is 3.09. The summed E-state index contributed by atoms with van der Waals surface area (Å²) in [7, 11) is 0. The monoisotopic (exact) mass is 385 g/mol. The fourth-order valence-corrected chi connectivity index (χ4v) is 3.09. The van der Waals surface area contributed by atoms with Crippen LogP contribution >= 0.6 is 24.0 Å². The van der Waals surface area contributed by atoms with Gasteiger partial charge in [0.2, 0.25) is 0 Å². The van der Waals surface area contributed by atoms with Gasteiger partial charge in [-0.05, 0) is 56.1 Å². The minimum absolute atomic E-state index is 0. The highest BCUT2D eigenvalue weighted by atomic mass is 127. The zero-order valence-corrected chi connectivity index (χ0v) is 14.4. The normalized spacial score (nSPS) is 20.8. The molecule has 0 saturated heterocycles. The summed E-state index contributed by atoms with van der Waals surface area (Å²) in [6.07, 6.45) is 6.87. The molecule has 0 amide bonds. The van der Waals surface area contributed by atoms with Crippen LogP contribution in [0, 0.1) is 18.3 Å². The molecular formula is C16H24IN3. The summed E-state index contributed by atoms with van der Waals surface area (Å²) in [6.45, 7) is 2.99. The molecule has 0 radical (unpaired) electrons. The van der Waals surface area contributed by atoms with Crippen molar-refractivity contribution in [2.75, 3.05) is 11.9 Å². The highest BCUT2D eigenvalue weighted by Crippen LogP contribution is 2.57. The van der Waals surface area contributed by atoms with E-state index in [9.17, 15) is 0 Å². The highest BCUT2D eigenvalue weighted by molar-refractivity contribution is 14.0. The summed E-state index contributed by atoms with van der Waals surface area (Å²) < 4.78 is 0. The molecule has 0 atom stereocenters. The molecular weight excluding hydrogens is 361 g/mol. The van der Waals surface area contributed by atoms with Crippen molar-refractivity contribution in [3.63, 3.8) is 0 Å². The Labute approximate surface area is 138 Å². The average molecular weight is 385 g/mol. The van der Waals surface area contributed by atoms with Crippen LogP contribution in [0.1, 0.15) is 37.7 Å². The molecule has 1 aromatic rings. The first-order chi connectivity index (χ1) is 9.18. The predicted molar refractivity (Wildman–Crippen MR) is 95.7 cm³/mol. The van der Waals surface area contributed by atoms with E-state index in [0.717, 1.165) is 18.2 Å². The number of guanidine groups is 1. The molecule has 2 aliphatic carbocycles. The molecule has 3 N–H and O–H groups in total. The molecule has 0 aliphatic heterocycles. The molecule has 0 unspecified atom stereocenters. The summed E-state index contributed by atoms with van der Waals surface area (Å²) >= 11 is 0. The molecule has 2 aliphatic rings. The number of hydrogen-bond acceptors (Lipinski definition) is 1. The molecule has 3 nitrogen and oxygen atoms in total. The third-order valence-corrected chi connectivity index (χ3v) is 4.68. The Kier molecular flexibility index (Phi) is 4.94. The van der Waals surface area contributed by atoms with Crippen LogP contribution < -0.4 is 11.1 Å². The Morgan fingerprint density at radius 2 is 1.95 bits per heavy atom. The van der Waals surface area contributed by atoms with Crippen molar-refractivity contribution in [2.24, 2.45) is 22.1 Å². The molecule has 1 aromatic carbocycles. The largest absolute Gasteiger partial charge is 0.370 e. The number of benzene rings is 1. The van der Waals surface area contributed by atoms with Crippen molar-refractivity contribution in [3.05, 3.63) is 29.8 Å². The maximum absolute atomic E-state index is 5.99. The van der Waals surface area contributed by atoms with E-state index >= 15 is 0 Å². The van der Waals surface area contributed by atoms with Gasteiger partial charge in [-0.2, -0.15) is 0 Å². The number of aryl methyl sites for hydroxylation is 1. The van der Waals surface area contributed by atoms with Gasteiger partial charge in [0.05, 0.1) is 0 Å². The van der Waals surface area contributed by atoms with Gasteiger partial charge in [0, 0.05) is 12.2 Å². The number of hydrogen-bond donors (Lipinski definition) is 2. The molecule has 0 bridgehead atoms. The van der Waals surface area contributed by atoms with Crippen LogP contribution in [0.2, 0.25) is 0 Å². The van der Waals surface area contributed by atoms with E-state index in [-0.39, 0.29) is 24.0 Å². The van der Waals surface area contributed by atoms with Crippen LogP contribution in [0.15, 0.2) is 29.3 Å². The van der Waals surface area contributed by atoms with E-state index in [4.69, 9.17) is 5.73 Å². The van der Waals surface area contributed by atoms with Crippen LogP contribution in [-0.4, -0.2) is 12.5 Å². The lowest BCUT2D eigenvalue weighted by Gasteiger charge is -2.41. The zero-order chi connectivity index (χ0) is 13.3. The quantitative estimate of drug-likeness (QED) is 0.469. The van der Waals surface area contributed by atoms with Crippen LogP contribution in [-0.2, 0) is 0 Å². The first-order valence-corrected chi connectivity index (χ1v) is 7.32. The third kappa shape index (κ3) is 3.45.